The van der Waals surface area contributed by atoms with Crippen LogP contribution in [0.1, 0.15) is 19.5 Å². The highest BCUT2D eigenvalue weighted by atomic mass is 32.2. The maximum atomic E-state index is 12.7. The molecule has 2 heterocycles. The molecule has 0 amide bonds. The highest BCUT2D eigenvalue weighted by Crippen LogP contribution is 2.26. The lowest BCUT2D eigenvalue weighted by Crippen LogP contribution is -2.50. The first-order chi connectivity index (χ1) is 9.25. The van der Waals surface area contributed by atoms with Crippen molar-refractivity contribution in [2.75, 3.05) is 31.9 Å². The number of aromatic nitrogens is 2. The van der Waals surface area contributed by atoms with E-state index in [9.17, 15) is 8.42 Å². The van der Waals surface area contributed by atoms with E-state index >= 15 is 0 Å². The summed E-state index contributed by atoms with van der Waals surface area (Å²) in [5.74, 6) is 0.0799. The Morgan fingerprint density at radius 1 is 1.20 bits per heavy atom. The van der Waals surface area contributed by atoms with Gasteiger partial charge in [0.15, 0.2) is 5.82 Å². The summed E-state index contributed by atoms with van der Waals surface area (Å²) in [7, 11) is -1.86. The van der Waals surface area contributed by atoms with Gasteiger partial charge in [-0.05, 0) is 20.8 Å². The molecule has 0 atom stereocenters. The van der Waals surface area contributed by atoms with Crippen molar-refractivity contribution < 1.29 is 8.42 Å². The fourth-order valence-electron chi connectivity index (χ4n) is 2.52. The van der Waals surface area contributed by atoms with E-state index in [1.807, 2.05) is 0 Å². The van der Waals surface area contributed by atoms with Crippen LogP contribution in [0.25, 0.3) is 0 Å². The van der Waals surface area contributed by atoms with Crippen molar-refractivity contribution in [3.05, 3.63) is 5.69 Å². The van der Waals surface area contributed by atoms with E-state index in [1.165, 1.54) is 8.99 Å². The average Bonchev–Trinajstić information content (AvgIpc) is 2.63. The van der Waals surface area contributed by atoms with Gasteiger partial charge in [-0.1, -0.05) is 0 Å². The molecule has 0 spiro atoms. The quantitative estimate of drug-likeness (QED) is 0.851. The number of rotatable bonds is 3. The molecule has 0 aromatic carbocycles. The van der Waals surface area contributed by atoms with Gasteiger partial charge in [-0.25, -0.2) is 8.42 Å². The minimum atomic E-state index is -3.55. The third-order valence-corrected chi connectivity index (χ3v) is 5.97. The van der Waals surface area contributed by atoms with E-state index in [4.69, 9.17) is 5.73 Å². The van der Waals surface area contributed by atoms with Crippen molar-refractivity contribution in [3.8, 4) is 0 Å². The number of hydrogen-bond acceptors (Lipinski definition) is 5. The Bertz CT molecular complexity index is 585. The predicted molar refractivity (Wildman–Crippen MR) is 77.8 cm³/mol. The lowest BCUT2D eigenvalue weighted by atomic mass is 10.3. The zero-order chi connectivity index (χ0) is 15.1. The highest BCUT2D eigenvalue weighted by molar-refractivity contribution is 7.89. The van der Waals surface area contributed by atoms with Crippen LogP contribution >= 0.6 is 0 Å². The third-order valence-electron chi connectivity index (χ3n) is 3.91. The Kier molecular flexibility index (Phi) is 4.08. The SMILES string of the molecule is Cc1c(S(=O)(=O)N2CCN(C(C)C)CC2)c(N)nn1C. The first kappa shape index (κ1) is 15.3. The molecule has 8 heteroatoms. The van der Waals surface area contributed by atoms with E-state index in [1.54, 1.807) is 14.0 Å². The Morgan fingerprint density at radius 3 is 2.15 bits per heavy atom. The molecule has 1 aliphatic rings. The summed E-state index contributed by atoms with van der Waals surface area (Å²) < 4.78 is 28.4. The molecule has 20 heavy (non-hydrogen) atoms. The number of nitrogens with zero attached hydrogens (tertiary/aromatic N) is 4. The molecule has 2 rings (SSSR count). The first-order valence-corrected chi connectivity index (χ1v) is 8.22. The number of hydrogen-bond donors (Lipinski definition) is 1. The predicted octanol–water partition coefficient (Wildman–Crippen LogP) is 0.0254. The molecule has 0 radical (unpaired) electrons. The molecule has 1 aliphatic heterocycles. The molecule has 114 valence electrons. The van der Waals surface area contributed by atoms with Gasteiger partial charge in [0.2, 0.25) is 10.0 Å². The summed E-state index contributed by atoms with van der Waals surface area (Å²) in [5, 5.41) is 3.99. The van der Waals surface area contributed by atoms with Crippen molar-refractivity contribution in [3.63, 3.8) is 0 Å². The van der Waals surface area contributed by atoms with E-state index in [0.717, 1.165) is 13.1 Å². The van der Waals surface area contributed by atoms with Gasteiger partial charge in [0.1, 0.15) is 4.90 Å². The number of sulfonamides is 1. The van der Waals surface area contributed by atoms with E-state index in [0.29, 0.717) is 24.8 Å². The molecule has 0 saturated carbocycles. The summed E-state index contributed by atoms with van der Waals surface area (Å²) in [4.78, 5) is 2.42. The minimum Gasteiger partial charge on any atom is -0.381 e. The Balaban J connectivity index is 2.24. The Morgan fingerprint density at radius 2 is 1.75 bits per heavy atom. The second-order valence-electron chi connectivity index (χ2n) is 5.46. The number of piperazine rings is 1. The first-order valence-electron chi connectivity index (χ1n) is 6.78. The van der Waals surface area contributed by atoms with Gasteiger partial charge in [-0.3, -0.25) is 9.58 Å². The fourth-order valence-corrected chi connectivity index (χ4v) is 4.24. The topological polar surface area (TPSA) is 84.5 Å². The molecular weight excluding hydrogens is 278 g/mol. The van der Waals surface area contributed by atoms with Crippen LogP contribution in [-0.4, -0.2) is 59.6 Å². The standard InChI is InChI=1S/C12H23N5O2S/c1-9(2)16-5-7-17(8-6-16)20(18,19)11-10(3)15(4)14-12(11)13/h9H,5-8H2,1-4H3,(H2,13,14). The largest absolute Gasteiger partial charge is 0.381 e. The van der Waals surface area contributed by atoms with Crippen LogP contribution in [0, 0.1) is 6.92 Å². The average molecular weight is 301 g/mol. The number of aryl methyl sites for hydroxylation is 1. The summed E-state index contributed by atoms with van der Waals surface area (Å²) >= 11 is 0. The molecule has 2 N–H and O–H groups in total. The molecule has 1 saturated heterocycles. The molecule has 0 unspecified atom stereocenters. The van der Waals surface area contributed by atoms with Crippen molar-refractivity contribution in [1.82, 2.24) is 19.0 Å². The molecule has 1 fully saturated rings. The summed E-state index contributed by atoms with van der Waals surface area (Å²) in [6.07, 6.45) is 0. The molecule has 1 aromatic heterocycles. The third kappa shape index (κ3) is 2.55. The van der Waals surface area contributed by atoms with Crippen LogP contribution in [0.5, 0.6) is 0 Å². The van der Waals surface area contributed by atoms with Crippen molar-refractivity contribution in [1.29, 1.82) is 0 Å². The van der Waals surface area contributed by atoms with Crippen LogP contribution in [0.3, 0.4) is 0 Å². The van der Waals surface area contributed by atoms with Gasteiger partial charge in [0, 0.05) is 39.3 Å². The van der Waals surface area contributed by atoms with Crippen LogP contribution in [0.4, 0.5) is 5.82 Å². The number of nitrogen functional groups attached to an aromatic ring is 1. The number of nitrogens with two attached hydrogens (primary N) is 1. The second-order valence-corrected chi connectivity index (χ2v) is 7.33. The van der Waals surface area contributed by atoms with Crippen molar-refractivity contribution in [2.45, 2.75) is 31.7 Å². The van der Waals surface area contributed by atoms with Crippen LogP contribution in [-0.2, 0) is 17.1 Å². The molecule has 0 aliphatic carbocycles. The van der Waals surface area contributed by atoms with Crippen LogP contribution < -0.4 is 5.73 Å². The van der Waals surface area contributed by atoms with Gasteiger partial charge in [0.05, 0.1) is 5.69 Å². The van der Waals surface area contributed by atoms with E-state index in [-0.39, 0.29) is 10.7 Å². The maximum absolute atomic E-state index is 12.7. The molecule has 7 nitrogen and oxygen atoms in total. The fraction of sp³-hybridized carbons (Fsp3) is 0.750. The Hall–Kier alpha value is -1.12. The summed E-state index contributed by atoms with van der Waals surface area (Å²) in [5.41, 5.74) is 6.34. The van der Waals surface area contributed by atoms with Crippen molar-refractivity contribution in [2.24, 2.45) is 7.05 Å². The smallest absolute Gasteiger partial charge is 0.248 e. The second kappa shape index (κ2) is 5.34. The zero-order valence-corrected chi connectivity index (χ0v) is 13.3. The lowest BCUT2D eigenvalue weighted by Gasteiger charge is -2.36. The molecule has 1 aromatic rings. The van der Waals surface area contributed by atoms with Gasteiger partial charge in [-0.2, -0.15) is 9.40 Å². The lowest BCUT2D eigenvalue weighted by molar-refractivity contribution is 0.154. The van der Waals surface area contributed by atoms with E-state index < -0.39 is 10.0 Å². The molecule has 0 bridgehead atoms. The monoisotopic (exact) mass is 301 g/mol. The number of anilines is 1. The van der Waals surface area contributed by atoms with Crippen molar-refractivity contribution >= 4 is 15.8 Å². The van der Waals surface area contributed by atoms with Gasteiger partial charge in [0.25, 0.3) is 0 Å². The van der Waals surface area contributed by atoms with Gasteiger partial charge in [-0.15, -0.1) is 0 Å². The normalized spacial score (nSPS) is 18.9. The van der Waals surface area contributed by atoms with Crippen LogP contribution in [0.2, 0.25) is 0 Å². The maximum Gasteiger partial charge on any atom is 0.248 e. The minimum absolute atomic E-state index is 0.0799. The summed E-state index contributed by atoms with van der Waals surface area (Å²) in [6, 6.07) is 0.435. The summed E-state index contributed by atoms with van der Waals surface area (Å²) in [6.45, 7) is 8.44. The van der Waals surface area contributed by atoms with Crippen LogP contribution in [0.15, 0.2) is 4.90 Å². The Labute approximate surface area is 120 Å². The zero-order valence-electron chi connectivity index (χ0n) is 12.5. The highest BCUT2D eigenvalue weighted by Gasteiger charge is 2.33. The van der Waals surface area contributed by atoms with Gasteiger partial charge < -0.3 is 5.73 Å². The van der Waals surface area contributed by atoms with E-state index in [2.05, 4.69) is 23.8 Å². The van der Waals surface area contributed by atoms with Gasteiger partial charge >= 0.3 is 0 Å². The molecular formula is C12H23N5O2S.